The summed E-state index contributed by atoms with van der Waals surface area (Å²) < 4.78 is 77.4. The van der Waals surface area contributed by atoms with Crippen molar-refractivity contribution in [3.8, 4) is 11.3 Å². The van der Waals surface area contributed by atoms with Crippen molar-refractivity contribution in [3.05, 3.63) is 41.2 Å². The Morgan fingerprint density at radius 3 is 2.26 bits per heavy atom. The highest BCUT2D eigenvalue weighted by Gasteiger charge is 2.60. The summed E-state index contributed by atoms with van der Waals surface area (Å²) in [5, 5.41) is 20.0. The number of aliphatic carboxylic acids is 1. The first kappa shape index (κ1) is 31.2. The van der Waals surface area contributed by atoms with Crippen LogP contribution in [0.25, 0.3) is 11.3 Å². The molecule has 1 aliphatic heterocycles. The number of nitrogens with zero attached hydrogens (tertiary/aromatic N) is 2. The lowest BCUT2D eigenvalue weighted by atomic mass is 9.89. The summed E-state index contributed by atoms with van der Waals surface area (Å²) in [6, 6.07) is 2.91. The lowest BCUT2D eigenvalue weighted by molar-refractivity contribution is -0.255. The number of nitrogens with two attached hydrogens (primary N) is 2. The highest BCUT2D eigenvalue weighted by molar-refractivity contribution is 5.97. The van der Waals surface area contributed by atoms with Crippen LogP contribution in [0.1, 0.15) is 34.5 Å². The fourth-order valence-corrected chi connectivity index (χ4v) is 3.37. The van der Waals surface area contributed by atoms with Crippen molar-refractivity contribution in [1.29, 1.82) is 0 Å². The molecule has 1 aliphatic rings. The average molecular weight is 567 g/mol. The number of amides is 2. The zero-order valence-electron chi connectivity index (χ0n) is 20.1. The number of aliphatic hydroxyl groups is 1. The number of alkyl halides is 6. The molecular weight excluding hydrogens is 544 g/mol. The number of ether oxygens (including phenoxy) is 1. The zero-order valence-corrected chi connectivity index (χ0v) is 20.1. The van der Waals surface area contributed by atoms with Crippen LogP contribution in [0.4, 0.5) is 32.2 Å². The van der Waals surface area contributed by atoms with Crippen LogP contribution in [0, 0.1) is 6.92 Å². The molecule has 214 valence electrons. The van der Waals surface area contributed by atoms with E-state index in [0.717, 1.165) is 18.6 Å². The molecule has 1 unspecified atom stereocenters. The van der Waals surface area contributed by atoms with Crippen molar-refractivity contribution >= 4 is 23.6 Å². The van der Waals surface area contributed by atoms with Crippen molar-refractivity contribution in [3.63, 3.8) is 0 Å². The quantitative estimate of drug-likeness (QED) is 0.335. The van der Waals surface area contributed by atoms with Crippen LogP contribution in [0.2, 0.25) is 0 Å². The molecule has 0 aliphatic carbocycles. The van der Waals surface area contributed by atoms with Crippen LogP contribution in [0.5, 0.6) is 0 Å². The first-order chi connectivity index (χ1) is 17.9. The minimum Gasteiger partial charge on any atom is -0.475 e. The van der Waals surface area contributed by atoms with Gasteiger partial charge < -0.3 is 31.7 Å². The molecule has 0 spiro atoms. The van der Waals surface area contributed by atoms with Crippen LogP contribution in [-0.2, 0) is 19.9 Å². The van der Waals surface area contributed by atoms with Gasteiger partial charge in [-0.05, 0) is 31.4 Å². The number of nitrogens with one attached hydrogen (secondary N) is 1. The summed E-state index contributed by atoms with van der Waals surface area (Å²) >= 11 is 0. The minimum absolute atomic E-state index is 0.0255. The van der Waals surface area contributed by atoms with Gasteiger partial charge >= 0.3 is 18.3 Å². The molecule has 1 aromatic heterocycles. The van der Waals surface area contributed by atoms with E-state index in [1.165, 1.54) is 12.3 Å². The molecule has 17 heteroatoms. The second kappa shape index (κ2) is 11.8. The summed E-state index contributed by atoms with van der Waals surface area (Å²) in [6.45, 7) is 2.52. The van der Waals surface area contributed by atoms with Crippen molar-refractivity contribution in [2.45, 2.75) is 43.8 Å². The number of hydrogen-bond donors (Lipinski definition) is 5. The third-order valence-corrected chi connectivity index (χ3v) is 5.45. The van der Waals surface area contributed by atoms with E-state index in [-0.39, 0.29) is 28.8 Å². The van der Waals surface area contributed by atoms with Gasteiger partial charge in [-0.25, -0.2) is 14.8 Å². The average Bonchev–Trinajstić information content (AvgIpc) is 2.83. The number of nitrogen functional groups attached to an aromatic ring is 1. The smallest absolute Gasteiger partial charge is 0.475 e. The Hall–Kier alpha value is -3.99. The zero-order chi connectivity index (χ0) is 29.8. The summed E-state index contributed by atoms with van der Waals surface area (Å²) in [5.41, 5.74) is 6.34. The second-order valence-electron chi connectivity index (χ2n) is 8.28. The maximum atomic E-state index is 13.5. The van der Waals surface area contributed by atoms with E-state index in [0.29, 0.717) is 25.2 Å². The summed E-state index contributed by atoms with van der Waals surface area (Å²) in [4.78, 5) is 41.2. The van der Waals surface area contributed by atoms with Crippen molar-refractivity contribution in [1.82, 2.24) is 15.3 Å². The van der Waals surface area contributed by atoms with Gasteiger partial charge in [0.1, 0.15) is 0 Å². The van der Waals surface area contributed by atoms with Crippen LogP contribution in [0.15, 0.2) is 24.4 Å². The molecule has 1 aromatic carbocycles. The third-order valence-electron chi connectivity index (χ3n) is 5.45. The molecule has 0 radical (unpaired) electrons. The molecule has 3 rings (SSSR count). The van der Waals surface area contributed by atoms with E-state index in [1.54, 1.807) is 6.92 Å². The number of carboxylic acid groups (broad SMARTS) is 1. The number of carbonyl (C=O) groups excluding carboxylic acids is 2. The number of halogens is 6. The molecule has 2 aromatic rings. The number of hydrogen-bond acceptors (Lipinski definition) is 8. The number of primary amides is 1. The number of aryl methyl sites for hydroxylation is 1. The second-order valence-corrected chi connectivity index (χ2v) is 8.28. The topological polar surface area (TPSA) is 191 Å². The lowest BCUT2D eigenvalue weighted by Crippen LogP contribution is -2.52. The number of carboxylic acids is 1. The highest BCUT2D eigenvalue weighted by atomic mass is 19.4. The maximum absolute atomic E-state index is 13.5. The van der Waals surface area contributed by atoms with E-state index in [4.69, 9.17) is 26.1 Å². The monoisotopic (exact) mass is 567 g/mol. The molecule has 11 nitrogen and oxygen atoms in total. The Morgan fingerprint density at radius 1 is 1.15 bits per heavy atom. The van der Waals surface area contributed by atoms with Crippen LogP contribution in [-0.4, -0.2) is 69.6 Å². The normalized spacial score (nSPS) is 17.3. The standard InChI is InChI=1S/C20H22F3N5O4.C2HF3O2/c1-10-4-5-11(19(31,18(25)30)20(21,22)23)7-13(10)14-8-26-16(24)15(28-14)17(29)27-12-3-2-6-32-9-12;3-2(4,5)1(6)7/h4-5,7-8,12,31H,2-3,6,9H2,1H3,(H2,24,26)(H2,25,30)(H,27,29);(H,6,7)/t12-,19?;/m1./s1. The van der Waals surface area contributed by atoms with Gasteiger partial charge in [0.05, 0.1) is 24.5 Å². The van der Waals surface area contributed by atoms with Crippen molar-refractivity contribution in [2.75, 3.05) is 18.9 Å². The van der Waals surface area contributed by atoms with Gasteiger partial charge in [0.25, 0.3) is 17.4 Å². The molecule has 2 atom stereocenters. The predicted octanol–water partition coefficient (Wildman–Crippen LogP) is 1.81. The van der Waals surface area contributed by atoms with E-state index in [2.05, 4.69) is 15.3 Å². The van der Waals surface area contributed by atoms with Gasteiger partial charge in [-0.2, -0.15) is 26.3 Å². The van der Waals surface area contributed by atoms with Gasteiger partial charge in [0.2, 0.25) is 0 Å². The molecule has 2 amide bonds. The fraction of sp³-hybridized carbons (Fsp3) is 0.409. The molecule has 0 bridgehead atoms. The van der Waals surface area contributed by atoms with Gasteiger partial charge in [0.15, 0.2) is 11.5 Å². The van der Waals surface area contributed by atoms with Crippen molar-refractivity contribution in [2.24, 2.45) is 5.73 Å². The summed E-state index contributed by atoms with van der Waals surface area (Å²) in [5.74, 6) is -5.50. The molecule has 1 saturated heterocycles. The van der Waals surface area contributed by atoms with Crippen LogP contribution in [0.3, 0.4) is 0 Å². The predicted molar refractivity (Wildman–Crippen MR) is 121 cm³/mol. The van der Waals surface area contributed by atoms with Crippen LogP contribution >= 0.6 is 0 Å². The van der Waals surface area contributed by atoms with Gasteiger partial charge in [-0.1, -0.05) is 12.1 Å². The molecule has 0 saturated carbocycles. The van der Waals surface area contributed by atoms with Gasteiger partial charge in [-0.3, -0.25) is 9.59 Å². The molecular formula is C22H23F6N5O6. The van der Waals surface area contributed by atoms with Gasteiger partial charge in [-0.15, -0.1) is 0 Å². The Kier molecular flexibility index (Phi) is 9.46. The van der Waals surface area contributed by atoms with E-state index in [9.17, 15) is 41.0 Å². The van der Waals surface area contributed by atoms with Crippen LogP contribution < -0.4 is 16.8 Å². The minimum atomic E-state index is -5.36. The number of benzene rings is 1. The molecule has 2 heterocycles. The number of anilines is 1. The van der Waals surface area contributed by atoms with E-state index < -0.39 is 41.3 Å². The Bertz CT molecular complexity index is 1230. The molecule has 1 fully saturated rings. The SMILES string of the molecule is Cc1ccc(C(O)(C(N)=O)C(F)(F)F)cc1-c1cnc(N)c(C(=O)N[C@@H]2CCCOC2)n1.O=C(O)C(F)(F)F. The molecule has 7 N–H and O–H groups in total. The van der Waals surface area contributed by atoms with Crippen molar-refractivity contribution < 1.29 is 55.7 Å². The number of rotatable bonds is 5. The molecule has 39 heavy (non-hydrogen) atoms. The number of carbonyl (C=O) groups is 3. The Labute approximate surface area is 216 Å². The lowest BCUT2D eigenvalue weighted by Gasteiger charge is -2.28. The van der Waals surface area contributed by atoms with Gasteiger partial charge in [0, 0.05) is 17.7 Å². The summed E-state index contributed by atoms with van der Waals surface area (Å²) in [7, 11) is 0. The third kappa shape index (κ3) is 7.32. The Morgan fingerprint density at radius 2 is 1.77 bits per heavy atom. The Balaban J connectivity index is 0.000000673. The largest absolute Gasteiger partial charge is 0.490 e. The first-order valence-electron chi connectivity index (χ1n) is 10.9. The fourth-order valence-electron chi connectivity index (χ4n) is 3.37. The summed E-state index contributed by atoms with van der Waals surface area (Å²) in [6.07, 6.45) is -7.77. The first-order valence-corrected chi connectivity index (χ1v) is 10.9. The van der Waals surface area contributed by atoms with E-state index in [1.807, 2.05) is 0 Å². The number of aromatic nitrogens is 2. The highest BCUT2D eigenvalue weighted by Crippen LogP contribution is 2.40. The maximum Gasteiger partial charge on any atom is 0.490 e. The van der Waals surface area contributed by atoms with E-state index >= 15 is 0 Å².